The van der Waals surface area contributed by atoms with E-state index in [0.717, 1.165) is 34.6 Å². The number of H-pyrrole nitrogens is 1. The maximum absolute atomic E-state index is 12.6. The van der Waals surface area contributed by atoms with Crippen molar-refractivity contribution in [2.45, 2.75) is 31.2 Å². The first kappa shape index (κ1) is 18.0. The fraction of sp³-hybridized carbons (Fsp3) is 0.588. The highest BCUT2D eigenvalue weighted by Gasteiger charge is 2.50. The lowest BCUT2D eigenvalue weighted by atomic mass is 10.0. The predicted octanol–water partition coefficient (Wildman–Crippen LogP) is 1.55. The molecular formula is C17H20F3N5O2. The molecule has 0 radical (unpaired) electrons. The number of amides is 1. The summed E-state index contributed by atoms with van der Waals surface area (Å²) in [7, 11) is 1.96. The average molecular weight is 383 g/mol. The zero-order chi connectivity index (χ0) is 19.3. The van der Waals surface area contributed by atoms with Gasteiger partial charge in [-0.1, -0.05) is 0 Å². The van der Waals surface area contributed by atoms with Gasteiger partial charge in [0.2, 0.25) is 6.10 Å². The molecule has 4 rings (SSSR count). The molecule has 2 N–H and O–H groups in total. The van der Waals surface area contributed by atoms with E-state index in [0.29, 0.717) is 0 Å². The first-order valence-electron chi connectivity index (χ1n) is 8.80. The number of aromatic nitrogens is 3. The minimum Gasteiger partial charge on any atom is -0.376 e. The lowest BCUT2D eigenvalue weighted by Gasteiger charge is -2.28. The Morgan fingerprint density at radius 1 is 1.33 bits per heavy atom. The molecule has 0 spiro atoms. The first-order valence-corrected chi connectivity index (χ1v) is 8.80. The van der Waals surface area contributed by atoms with Gasteiger partial charge < -0.3 is 19.9 Å². The highest BCUT2D eigenvalue weighted by atomic mass is 19.4. The first-order chi connectivity index (χ1) is 12.8. The number of nitrogens with zero attached hydrogens (tertiary/aromatic N) is 4. The van der Waals surface area contributed by atoms with Gasteiger partial charge in [-0.3, -0.25) is 4.79 Å². The van der Waals surface area contributed by atoms with E-state index in [1.165, 1.54) is 6.33 Å². The largest absolute Gasteiger partial charge is 0.423 e. The molecule has 2 fully saturated rings. The topological polar surface area (TPSA) is 85.4 Å². The van der Waals surface area contributed by atoms with Crippen LogP contribution in [0.2, 0.25) is 0 Å². The van der Waals surface area contributed by atoms with Gasteiger partial charge in [-0.25, -0.2) is 9.97 Å². The highest BCUT2D eigenvalue weighted by molar-refractivity contribution is 5.87. The van der Waals surface area contributed by atoms with Crippen LogP contribution >= 0.6 is 0 Å². The number of carbonyl (C=O) groups is 1. The van der Waals surface area contributed by atoms with Crippen LogP contribution in [0.5, 0.6) is 0 Å². The van der Waals surface area contributed by atoms with Gasteiger partial charge in [0.05, 0.1) is 5.39 Å². The van der Waals surface area contributed by atoms with Gasteiger partial charge in [0.1, 0.15) is 17.8 Å². The summed E-state index contributed by atoms with van der Waals surface area (Å²) in [6.45, 7) is 0.509. The SMILES string of the molecule is CN(c1ncnc2[nH]ccc12)[C@@H]1C[C@@H]2CN(C(=O)C(O)C(F)(F)F)C[C@@H]2C1. The van der Waals surface area contributed by atoms with E-state index < -0.39 is 18.2 Å². The van der Waals surface area contributed by atoms with Crippen LogP contribution in [0.1, 0.15) is 12.8 Å². The molecule has 1 aliphatic heterocycles. The Labute approximate surface area is 153 Å². The number of halogens is 3. The molecule has 0 bridgehead atoms. The number of carbonyl (C=O) groups excluding carboxylic acids is 1. The van der Waals surface area contributed by atoms with Crippen molar-refractivity contribution in [2.24, 2.45) is 11.8 Å². The Hall–Kier alpha value is -2.36. The Morgan fingerprint density at radius 3 is 2.63 bits per heavy atom. The number of aliphatic hydroxyl groups excluding tert-OH is 1. The van der Waals surface area contributed by atoms with Crippen LogP contribution in [0.3, 0.4) is 0 Å². The number of rotatable bonds is 3. The maximum Gasteiger partial charge on any atom is 0.423 e. The molecule has 2 aromatic rings. The van der Waals surface area contributed by atoms with Crippen molar-refractivity contribution in [3.05, 3.63) is 18.6 Å². The van der Waals surface area contributed by atoms with E-state index in [1.807, 2.05) is 13.1 Å². The van der Waals surface area contributed by atoms with Crippen molar-refractivity contribution in [1.29, 1.82) is 0 Å². The second kappa shape index (κ2) is 6.36. The van der Waals surface area contributed by atoms with Crippen LogP contribution in [0, 0.1) is 11.8 Å². The average Bonchev–Trinajstić information content (AvgIpc) is 3.32. The Balaban J connectivity index is 1.43. The lowest BCUT2D eigenvalue weighted by Crippen LogP contribution is -2.46. The molecule has 3 heterocycles. The van der Waals surface area contributed by atoms with Gasteiger partial charge in [-0.2, -0.15) is 13.2 Å². The number of hydrogen-bond acceptors (Lipinski definition) is 5. The molecule has 10 heteroatoms. The van der Waals surface area contributed by atoms with Crippen LogP contribution in [0.15, 0.2) is 18.6 Å². The van der Waals surface area contributed by atoms with Crippen molar-refractivity contribution in [2.75, 3.05) is 25.0 Å². The maximum atomic E-state index is 12.6. The molecule has 2 aliphatic rings. The summed E-state index contributed by atoms with van der Waals surface area (Å²) in [5, 5.41) is 10.1. The van der Waals surface area contributed by atoms with E-state index in [-0.39, 0.29) is 31.0 Å². The predicted molar refractivity (Wildman–Crippen MR) is 90.9 cm³/mol. The molecular weight excluding hydrogens is 363 g/mol. The summed E-state index contributed by atoms with van der Waals surface area (Å²) >= 11 is 0. The van der Waals surface area contributed by atoms with E-state index in [4.69, 9.17) is 0 Å². The number of likely N-dealkylation sites (tertiary alicyclic amines) is 1. The molecule has 7 nitrogen and oxygen atoms in total. The molecule has 1 unspecified atom stereocenters. The van der Waals surface area contributed by atoms with E-state index >= 15 is 0 Å². The number of fused-ring (bicyclic) bond motifs is 2. The van der Waals surface area contributed by atoms with E-state index in [2.05, 4.69) is 19.9 Å². The summed E-state index contributed by atoms with van der Waals surface area (Å²) in [4.78, 5) is 26.8. The standard InChI is InChI=1S/C17H20F3N5O2/c1-24(15-12-2-3-21-14(12)22-8-23-15)11-4-9-6-25(7-10(9)5-11)16(27)13(26)17(18,19)20/h2-3,8-11,13,26H,4-7H2,1H3,(H,21,22,23)/t9-,10+,11-,13?. The Morgan fingerprint density at radius 2 is 2.00 bits per heavy atom. The molecule has 146 valence electrons. The number of hydrogen-bond donors (Lipinski definition) is 2. The highest BCUT2D eigenvalue weighted by Crippen LogP contribution is 2.42. The number of aliphatic hydroxyl groups is 1. The van der Waals surface area contributed by atoms with Crippen molar-refractivity contribution in [3.63, 3.8) is 0 Å². The Kier molecular flexibility index (Phi) is 4.25. The summed E-state index contributed by atoms with van der Waals surface area (Å²) in [5.41, 5.74) is 0.753. The number of nitrogens with one attached hydrogen (secondary N) is 1. The van der Waals surface area contributed by atoms with Crippen molar-refractivity contribution in [1.82, 2.24) is 19.9 Å². The fourth-order valence-corrected chi connectivity index (χ4v) is 4.39. The van der Waals surface area contributed by atoms with Crippen LogP contribution in [0.25, 0.3) is 11.0 Å². The summed E-state index contributed by atoms with van der Waals surface area (Å²) in [6, 6.07) is 2.10. The van der Waals surface area contributed by atoms with Crippen LogP contribution in [-0.4, -0.2) is 69.3 Å². The molecule has 2 aromatic heterocycles. The van der Waals surface area contributed by atoms with Gasteiger partial charge in [0.25, 0.3) is 5.91 Å². The lowest BCUT2D eigenvalue weighted by molar-refractivity contribution is -0.210. The normalized spacial score (nSPS) is 26.4. The van der Waals surface area contributed by atoms with Gasteiger partial charge in [0.15, 0.2) is 0 Å². The minimum atomic E-state index is -4.92. The number of anilines is 1. The quantitative estimate of drug-likeness (QED) is 0.840. The zero-order valence-corrected chi connectivity index (χ0v) is 14.6. The number of alkyl halides is 3. The van der Waals surface area contributed by atoms with Gasteiger partial charge >= 0.3 is 6.18 Å². The third-order valence-electron chi connectivity index (χ3n) is 5.80. The van der Waals surface area contributed by atoms with Gasteiger partial charge in [-0.15, -0.1) is 0 Å². The van der Waals surface area contributed by atoms with E-state index in [1.54, 1.807) is 6.20 Å². The monoisotopic (exact) mass is 383 g/mol. The van der Waals surface area contributed by atoms with Crippen molar-refractivity contribution < 1.29 is 23.1 Å². The summed E-state index contributed by atoms with van der Waals surface area (Å²) in [6.07, 6.45) is -3.02. The van der Waals surface area contributed by atoms with Gasteiger partial charge in [0, 0.05) is 32.4 Å². The molecule has 0 aromatic carbocycles. The molecule has 4 atom stereocenters. The van der Waals surface area contributed by atoms with Crippen LogP contribution < -0.4 is 4.90 Å². The van der Waals surface area contributed by atoms with Crippen LogP contribution in [0.4, 0.5) is 19.0 Å². The summed E-state index contributed by atoms with van der Waals surface area (Å²) < 4.78 is 37.7. The Bertz CT molecular complexity index is 840. The molecule has 1 saturated carbocycles. The third-order valence-corrected chi connectivity index (χ3v) is 5.80. The smallest absolute Gasteiger partial charge is 0.376 e. The van der Waals surface area contributed by atoms with Crippen molar-refractivity contribution >= 4 is 22.8 Å². The van der Waals surface area contributed by atoms with E-state index in [9.17, 15) is 23.1 Å². The molecule has 27 heavy (non-hydrogen) atoms. The molecule has 1 aliphatic carbocycles. The van der Waals surface area contributed by atoms with Crippen molar-refractivity contribution in [3.8, 4) is 0 Å². The zero-order valence-electron chi connectivity index (χ0n) is 14.6. The summed E-state index contributed by atoms with van der Waals surface area (Å²) in [5.74, 6) is -0.172. The second-order valence-electron chi connectivity index (χ2n) is 7.38. The molecule has 1 amide bonds. The minimum absolute atomic E-state index is 0.130. The second-order valence-corrected chi connectivity index (χ2v) is 7.38. The van der Waals surface area contributed by atoms with Crippen LogP contribution in [-0.2, 0) is 4.79 Å². The third kappa shape index (κ3) is 3.11. The number of aromatic amines is 1. The van der Waals surface area contributed by atoms with Gasteiger partial charge in [-0.05, 0) is 30.7 Å². The molecule has 1 saturated heterocycles. The fourth-order valence-electron chi connectivity index (χ4n) is 4.39.